The van der Waals surface area contributed by atoms with Gasteiger partial charge in [0.25, 0.3) is 0 Å². The molecule has 78 valence electrons. The fourth-order valence-electron chi connectivity index (χ4n) is 1.43. The Balaban J connectivity index is 2.56. The number of hydrogen-bond acceptors (Lipinski definition) is 2. The number of aryl methyl sites for hydroxylation is 1. The number of aromatic nitrogens is 1. The second kappa shape index (κ2) is 5.11. The molecule has 0 bridgehead atoms. The molecule has 0 aliphatic carbocycles. The van der Waals surface area contributed by atoms with Crippen LogP contribution in [0.1, 0.15) is 44.1 Å². The maximum atomic E-state index is 6.05. The van der Waals surface area contributed by atoms with E-state index >= 15 is 0 Å². The number of nitrogens with zero attached hydrogens (tertiary/aromatic N) is 1. The third-order valence-electron chi connectivity index (χ3n) is 2.34. The van der Waals surface area contributed by atoms with Gasteiger partial charge in [-0.2, -0.15) is 0 Å². The van der Waals surface area contributed by atoms with Crippen LogP contribution in [0.5, 0.6) is 0 Å². The van der Waals surface area contributed by atoms with Crippen LogP contribution < -0.4 is 5.73 Å². The molecule has 0 aliphatic heterocycles. The molecule has 0 saturated carbocycles. The first-order chi connectivity index (χ1) is 6.59. The number of pyridine rings is 1. The van der Waals surface area contributed by atoms with Gasteiger partial charge in [-0.3, -0.25) is 4.98 Å². The van der Waals surface area contributed by atoms with Crippen LogP contribution >= 0.6 is 0 Å². The topological polar surface area (TPSA) is 38.9 Å². The molecular formula is C12H20N2. The van der Waals surface area contributed by atoms with E-state index in [0.29, 0.717) is 5.92 Å². The van der Waals surface area contributed by atoms with Crippen molar-refractivity contribution in [1.29, 1.82) is 0 Å². The van der Waals surface area contributed by atoms with Crippen molar-refractivity contribution in [3.05, 3.63) is 29.6 Å². The zero-order chi connectivity index (χ0) is 10.6. The highest BCUT2D eigenvalue weighted by Crippen LogP contribution is 2.16. The van der Waals surface area contributed by atoms with Gasteiger partial charge in [0.1, 0.15) is 0 Å². The first-order valence-electron chi connectivity index (χ1n) is 5.28. The molecule has 1 atom stereocenters. The Morgan fingerprint density at radius 3 is 2.57 bits per heavy atom. The van der Waals surface area contributed by atoms with Crippen molar-refractivity contribution >= 4 is 0 Å². The van der Waals surface area contributed by atoms with Crippen molar-refractivity contribution in [2.24, 2.45) is 11.7 Å². The maximum absolute atomic E-state index is 6.05. The molecule has 0 aromatic carbocycles. The van der Waals surface area contributed by atoms with Crippen molar-refractivity contribution in [2.45, 2.75) is 39.7 Å². The highest BCUT2D eigenvalue weighted by atomic mass is 14.8. The average Bonchev–Trinajstić information content (AvgIpc) is 2.14. The first kappa shape index (κ1) is 11.2. The lowest BCUT2D eigenvalue weighted by Gasteiger charge is -2.12. The minimum Gasteiger partial charge on any atom is -0.323 e. The summed E-state index contributed by atoms with van der Waals surface area (Å²) in [7, 11) is 0. The van der Waals surface area contributed by atoms with Crippen LogP contribution in [0, 0.1) is 12.8 Å². The van der Waals surface area contributed by atoms with Crippen LogP contribution in [0.4, 0.5) is 0 Å². The van der Waals surface area contributed by atoms with Gasteiger partial charge in [0.05, 0.1) is 5.69 Å². The smallest absolute Gasteiger partial charge is 0.0574 e. The van der Waals surface area contributed by atoms with Gasteiger partial charge in [0.15, 0.2) is 0 Å². The first-order valence-corrected chi connectivity index (χ1v) is 5.28. The Hall–Kier alpha value is -0.890. The molecule has 1 aromatic heterocycles. The Morgan fingerprint density at radius 2 is 2.00 bits per heavy atom. The monoisotopic (exact) mass is 192 g/mol. The van der Waals surface area contributed by atoms with E-state index in [-0.39, 0.29) is 6.04 Å². The molecule has 2 heteroatoms. The van der Waals surface area contributed by atoms with Gasteiger partial charge in [-0.05, 0) is 37.8 Å². The second-order valence-corrected chi connectivity index (χ2v) is 4.28. The van der Waals surface area contributed by atoms with Crippen LogP contribution in [0.3, 0.4) is 0 Å². The van der Waals surface area contributed by atoms with Crippen molar-refractivity contribution in [2.75, 3.05) is 0 Å². The van der Waals surface area contributed by atoms with Crippen molar-refractivity contribution in [3.8, 4) is 0 Å². The summed E-state index contributed by atoms with van der Waals surface area (Å²) in [5.41, 5.74) is 8.11. The van der Waals surface area contributed by atoms with E-state index in [1.54, 1.807) is 0 Å². The maximum Gasteiger partial charge on any atom is 0.0574 e. The minimum atomic E-state index is 0.0947. The Labute approximate surface area is 86.5 Å². The molecule has 14 heavy (non-hydrogen) atoms. The summed E-state index contributed by atoms with van der Waals surface area (Å²) in [5.74, 6) is 0.714. The lowest BCUT2D eigenvalue weighted by Crippen LogP contribution is -2.13. The van der Waals surface area contributed by atoms with E-state index in [1.807, 2.05) is 25.1 Å². The largest absolute Gasteiger partial charge is 0.323 e. The molecule has 1 rings (SSSR count). The van der Waals surface area contributed by atoms with Gasteiger partial charge < -0.3 is 5.73 Å². The molecule has 0 aliphatic rings. The molecule has 0 spiro atoms. The number of rotatable bonds is 4. The van der Waals surface area contributed by atoms with Crippen LogP contribution in [0.15, 0.2) is 18.2 Å². The number of nitrogens with two attached hydrogens (primary N) is 1. The summed E-state index contributed by atoms with van der Waals surface area (Å²) in [4.78, 5) is 4.43. The Bertz CT molecular complexity index is 281. The predicted molar refractivity (Wildman–Crippen MR) is 60.0 cm³/mol. The second-order valence-electron chi connectivity index (χ2n) is 4.28. The molecule has 0 amide bonds. The van der Waals surface area contributed by atoms with Gasteiger partial charge in [0, 0.05) is 11.7 Å². The number of hydrogen-bond donors (Lipinski definition) is 1. The molecule has 2 nitrogen and oxygen atoms in total. The lowest BCUT2D eigenvalue weighted by atomic mass is 10.0. The SMILES string of the molecule is Cc1cccc(C(N)CCC(C)C)n1. The zero-order valence-corrected chi connectivity index (χ0v) is 9.33. The molecule has 1 heterocycles. The van der Waals surface area contributed by atoms with Crippen LogP contribution in [0.2, 0.25) is 0 Å². The van der Waals surface area contributed by atoms with Crippen molar-refractivity contribution in [3.63, 3.8) is 0 Å². The molecule has 0 fully saturated rings. The normalized spacial score (nSPS) is 13.2. The van der Waals surface area contributed by atoms with E-state index in [2.05, 4.69) is 18.8 Å². The van der Waals surface area contributed by atoms with Gasteiger partial charge in [-0.15, -0.1) is 0 Å². The summed E-state index contributed by atoms with van der Waals surface area (Å²) in [6, 6.07) is 6.13. The third kappa shape index (κ3) is 3.46. The van der Waals surface area contributed by atoms with Crippen molar-refractivity contribution in [1.82, 2.24) is 4.98 Å². The van der Waals surface area contributed by atoms with Crippen molar-refractivity contribution < 1.29 is 0 Å². The Kier molecular flexibility index (Phi) is 4.08. The molecular weight excluding hydrogens is 172 g/mol. The average molecular weight is 192 g/mol. The molecule has 1 unspecified atom stereocenters. The van der Waals surface area contributed by atoms with Gasteiger partial charge in [-0.25, -0.2) is 0 Å². The van der Waals surface area contributed by atoms with Gasteiger partial charge in [-0.1, -0.05) is 19.9 Å². The predicted octanol–water partition coefficient (Wildman–Crippen LogP) is 2.83. The van der Waals surface area contributed by atoms with Crippen LogP contribution in [-0.4, -0.2) is 4.98 Å². The summed E-state index contributed by atoms with van der Waals surface area (Å²) >= 11 is 0. The van der Waals surface area contributed by atoms with E-state index < -0.39 is 0 Å². The van der Waals surface area contributed by atoms with E-state index in [9.17, 15) is 0 Å². The summed E-state index contributed by atoms with van der Waals surface area (Å²) in [5, 5.41) is 0. The standard InChI is InChI=1S/C12H20N2/c1-9(2)7-8-11(13)12-6-4-5-10(3)14-12/h4-6,9,11H,7-8,13H2,1-3H3. The fourth-order valence-corrected chi connectivity index (χ4v) is 1.43. The minimum absolute atomic E-state index is 0.0947. The lowest BCUT2D eigenvalue weighted by molar-refractivity contribution is 0.501. The molecule has 0 radical (unpaired) electrons. The zero-order valence-electron chi connectivity index (χ0n) is 9.33. The fraction of sp³-hybridized carbons (Fsp3) is 0.583. The molecule has 2 N–H and O–H groups in total. The van der Waals surface area contributed by atoms with E-state index in [1.165, 1.54) is 0 Å². The highest BCUT2D eigenvalue weighted by Gasteiger charge is 2.07. The van der Waals surface area contributed by atoms with E-state index in [0.717, 1.165) is 24.2 Å². The highest BCUT2D eigenvalue weighted by molar-refractivity contribution is 5.12. The summed E-state index contributed by atoms with van der Waals surface area (Å²) in [6.07, 6.45) is 2.19. The van der Waals surface area contributed by atoms with Crippen LogP contribution in [-0.2, 0) is 0 Å². The van der Waals surface area contributed by atoms with Gasteiger partial charge in [0.2, 0.25) is 0 Å². The summed E-state index contributed by atoms with van der Waals surface area (Å²) < 4.78 is 0. The van der Waals surface area contributed by atoms with Crippen LogP contribution in [0.25, 0.3) is 0 Å². The Morgan fingerprint density at radius 1 is 1.29 bits per heavy atom. The quantitative estimate of drug-likeness (QED) is 0.796. The third-order valence-corrected chi connectivity index (χ3v) is 2.34. The summed E-state index contributed by atoms with van der Waals surface area (Å²) in [6.45, 7) is 6.44. The van der Waals surface area contributed by atoms with E-state index in [4.69, 9.17) is 5.73 Å². The molecule has 1 aromatic rings. The molecule has 0 saturated heterocycles. The van der Waals surface area contributed by atoms with Gasteiger partial charge >= 0.3 is 0 Å².